The molecule has 1 unspecified atom stereocenters. The molecule has 0 saturated heterocycles. The summed E-state index contributed by atoms with van der Waals surface area (Å²) in [5.41, 5.74) is 8.18. The summed E-state index contributed by atoms with van der Waals surface area (Å²) in [7, 11) is 0. The molecule has 102 valence electrons. The van der Waals surface area contributed by atoms with Crippen molar-refractivity contribution < 1.29 is 4.52 Å². The van der Waals surface area contributed by atoms with Crippen LogP contribution in [-0.2, 0) is 0 Å². The Bertz CT molecular complexity index is 568. The predicted octanol–water partition coefficient (Wildman–Crippen LogP) is 3.85. The molecule has 2 N–H and O–H groups in total. The van der Waals surface area contributed by atoms with Crippen LogP contribution in [0, 0.1) is 12.8 Å². The van der Waals surface area contributed by atoms with E-state index in [1.807, 2.05) is 25.1 Å². The summed E-state index contributed by atoms with van der Waals surface area (Å²) < 4.78 is 6.30. The fourth-order valence-corrected chi connectivity index (χ4v) is 2.10. The van der Waals surface area contributed by atoms with Gasteiger partial charge in [0.2, 0.25) is 11.7 Å². The molecular formula is C14H18BrN3O. The molecule has 0 aliphatic heterocycles. The van der Waals surface area contributed by atoms with E-state index >= 15 is 0 Å². The summed E-state index contributed by atoms with van der Waals surface area (Å²) in [5.74, 6) is 1.40. The van der Waals surface area contributed by atoms with Crippen LogP contribution >= 0.6 is 15.9 Å². The average molecular weight is 324 g/mol. The van der Waals surface area contributed by atoms with E-state index in [0.717, 1.165) is 16.5 Å². The third kappa shape index (κ3) is 3.04. The number of aromatic nitrogens is 2. The molecule has 0 spiro atoms. The van der Waals surface area contributed by atoms with Crippen molar-refractivity contribution in [2.75, 3.05) is 0 Å². The standard InChI is InChI=1S/C14H18BrN3O/c1-4-8(2)12(16)14-17-13(18-19-14)10-6-5-9(3)11(15)7-10/h5-8,12H,4,16H2,1-3H3/t8?,12-/m0/s1. The highest BCUT2D eigenvalue weighted by atomic mass is 79.9. The Morgan fingerprint density at radius 1 is 1.42 bits per heavy atom. The van der Waals surface area contributed by atoms with Crippen molar-refractivity contribution in [1.82, 2.24) is 10.1 Å². The molecule has 19 heavy (non-hydrogen) atoms. The molecule has 0 aliphatic rings. The second kappa shape index (κ2) is 5.84. The Hall–Kier alpha value is -1.20. The largest absolute Gasteiger partial charge is 0.337 e. The molecule has 1 aromatic carbocycles. The van der Waals surface area contributed by atoms with Crippen molar-refractivity contribution in [2.24, 2.45) is 11.7 Å². The highest BCUT2D eigenvalue weighted by Gasteiger charge is 2.20. The van der Waals surface area contributed by atoms with Crippen molar-refractivity contribution in [3.05, 3.63) is 34.1 Å². The van der Waals surface area contributed by atoms with Crippen LogP contribution in [0.2, 0.25) is 0 Å². The second-order valence-corrected chi connectivity index (χ2v) is 5.69. The fourth-order valence-electron chi connectivity index (χ4n) is 1.72. The Morgan fingerprint density at radius 2 is 2.16 bits per heavy atom. The van der Waals surface area contributed by atoms with E-state index < -0.39 is 0 Å². The van der Waals surface area contributed by atoms with Gasteiger partial charge in [-0.2, -0.15) is 4.98 Å². The Labute approximate surface area is 121 Å². The third-order valence-corrected chi connectivity index (χ3v) is 4.27. The predicted molar refractivity (Wildman–Crippen MR) is 78.6 cm³/mol. The van der Waals surface area contributed by atoms with E-state index in [1.165, 1.54) is 5.56 Å². The van der Waals surface area contributed by atoms with Crippen molar-refractivity contribution in [2.45, 2.75) is 33.2 Å². The summed E-state index contributed by atoms with van der Waals surface area (Å²) >= 11 is 3.50. The summed E-state index contributed by atoms with van der Waals surface area (Å²) in [6.07, 6.45) is 0.981. The monoisotopic (exact) mass is 323 g/mol. The zero-order valence-electron chi connectivity index (χ0n) is 11.4. The maximum Gasteiger partial charge on any atom is 0.244 e. The van der Waals surface area contributed by atoms with Gasteiger partial charge in [0.25, 0.3) is 0 Å². The zero-order chi connectivity index (χ0) is 14.0. The molecule has 2 atom stereocenters. The minimum Gasteiger partial charge on any atom is -0.337 e. The van der Waals surface area contributed by atoms with Gasteiger partial charge in [-0.05, 0) is 24.5 Å². The maximum absolute atomic E-state index is 6.09. The van der Waals surface area contributed by atoms with Gasteiger partial charge in [-0.25, -0.2) is 0 Å². The number of hydrogen-bond donors (Lipinski definition) is 1. The van der Waals surface area contributed by atoms with Gasteiger partial charge in [0.15, 0.2) is 0 Å². The molecule has 5 heteroatoms. The lowest BCUT2D eigenvalue weighted by molar-refractivity contribution is 0.312. The lowest BCUT2D eigenvalue weighted by Gasteiger charge is -2.12. The molecule has 0 amide bonds. The van der Waals surface area contributed by atoms with Crippen LogP contribution in [0.5, 0.6) is 0 Å². The molecule has 0 radical (unpaired) electrons. The number of rotatable bonds is 4. The van der Waals surface area contributed by atoms with Gasteiger partial charge in [0.05, 0.1) is 6.04 Å². The molecule has 0 saturated carbocycles. The van der Waals surface area contributed by atoms with Crippen LogP contribution in [-0.4, -0.2) is 10.1 Å². The fraction of sp³-hybridized carbons (Fsp3) is 0.429. The number of nitrogens with two attached hydrogens (primary N) is 1. The zero-order valence-corrected chi connectivity index (χ0v) is 12.9. The highest BCUT2D eigenvalue weighted by Crippen LogP contribution is 2.26. The van der Waals surface area contributed by atoms with Gasteiger partial charge < -0.3 is 10.3 Å². The van der Waals surface area contributed by atoms with Gasteiger partial charge in [0, 0.05) is 10.0 Å². The molecule has 0 fully saturated rings. The minimum atomic E-state index is -0.208. The Kier molecular flexibility index (Phi) is 4.37. The lowest BCUT2D eigenvalue weighted by atomic mass is 10.0. The first-order chi connectivity index (χ1) is 9.02. The quantitative estimate of drug-likeness (QED) is 0.927. The highest BCUT2D eigenvalue weighted by molar-refractivity contribution is 9.10. The van der Waals surface area contributed by atoms with Crippen molar-refractivity contribution in [3.63, 3.8) is 0 Å². The minimum absolute atomic E-state index is 0.208. The van der Waals surface area contributed by atoms with Gasteiger partial charge in [-0.1, -0.05) is 53.5 Å². The van der Waals surface area contributed by atoms with E-state index in [2.05, 4.69) is 39.9 Å². The molecular weight excluding hydrogens is 306 g/mol. The Morgan fingerprint density at radius 3 is 2.79 bits per heavy atom. The molecule has 0 aliphatic carbocycles. The van der Waals surface area contributed by atoms with Crippen molar-refractivity contribution >= 4 is 15.9 Å². The SMILES string of the molecule is CCC(C)[C@H](N)c1nc(-c2ccc(C)c(Br)c2)no1. The molecule has 1 heterocycles. The van der Waals surface area contributed by atoms with E-state index in [-0.39, 0.29) is 6.04 Å². The number of hydrogen-bond acceptors (Lipinski definition) is 4. The number of benzene rings is 1. The van der Waals surface area contributed by atoms with Crippen LogP contribution < -0.4 is 5.73 Å². The molecule has 1 aromatic heterocycles. The van der Waals surface area contributed by atoms with Crippen LogP contribution in [0.3, 0.4) is 0 Å². The number of aryl methyl sites for hydroxylation is 1. The average Bonchev–Trinajstić information content (AvgIpc) is 2.89. The van der Waals surface area contributed by atoms with Crippen molar-refractivity contribution in [1.29, 1.82) is 0 Å². The van der Waals surface area contributed by atoms with E-state index in [0.29, 0.717) is 17.6 Å². The molecule has 2 rings (SSSR count). The van der Waals surface area contributed by atoms with Gasteiger partial charge in [-0.15, -0.1) is 0 Å². The first kappa shape index (κ1) is 14.2. The smallest absolute Gasteiger partial charge is 0.244 e. The van der Waals surface area contributed by atoms with Crippen LogP contribution in [0.25, 0.3) is 11.4 Å². The number of halogens is 1. The first-order valence-electron chi connectivity index (χ1n) is 6.38. The van der Waals surface area contributed by atoms with Crippen molar-refractivity contribution in [3.8, 4) is 11.4 Å². The first-order valence-corrected chi connectivity index (χ1v) is 7.18. The molecule has 0 bridgehead atoms. The second-order valence-electron chi connectivity index (χ2n) is 4.83. The van der Waals surface area contributed by atoms with Crippen LogP contribution in [0.1, 0.15) is 37.8 Å². The summed E-state index contributed by atoms with van der Waals surface area (Å²) in [6.45, 7) is 6.21. The Balaban J connectivity index is 2.27. The number of nitrogens with zero attached hydrogens (tertiary/aromatic N) is 2. The molecule has 4 nitrogen and oxygen atoms in total. The third-order valence-electron chi connectivity index (χ3n) is 3.41. The van der Waals surface area contributed by atoms with Gasteiger partial charge in [0.1, 0.15) is 0 Å². The maximum atomic E-state index is 6.09. The molecule has 2 aromatic rings. The summed E-state index contributed by atoms with van der Waals surface area (Å²) in [6, 6.07) is 5.77. The summed E-state index contributed by atoms with van der Waals surface area (Å²) in [5, 5.41) is 4.01. The normalized spacial score (nSPS) is 14.4. The van der Waals surface area contributed by atoms with E-state index in [1.54, 1.807) is 0 Å². The van der Waals surface area contributed by atoms with Crippen LogP contribution in [0.4, 0.5) is 0 Å². The van der Waals surface area contributed by atoms with E-state index in [9.17, 15) is 0 Å². The topological polar surface area (TPSA) is 64.9 Å². The van der Waals surface area contributed by atoms with Gasteiger partial charge >= 0.3 is 0 Å². The summed E-state index contributed by atoms with van der Waals surface area (Å²) in [4.78, 5) is 4.40. The van der Waals surface area contributed by atoms with Crippen LogP contribution in [0.15, 0.2) is 27.2 Å². The van der Waals surface area contributed by atoms with E-state index in [4.69, 9.17) is 10.3 Å². The van der Waals surface area contributed by atoms with Gasteiger partial charge in [-0.3, -0.25) is 0 Å². The lowest BCUT2D eigenvalue weighted by Crippen LogP contribution is -2.18.